The van der Waals surface area contributed by atoms with Gasteiger partial charge >= 0.3 is 5.69 Å². The second kappa shape index (κ2) is 5.65. The van der Waals surface area contributed by atoms with Gasteiger partial charge in [-0.3, -0.25) is 18.7 Å². The summed E-state index contributed by atoms with van der Waals surface area (Å²) in [6.07, 6.45) is 1.53. The van der Waals surface area contributed by atoms with Crippen molar-refractivity contribution in [1.82, 2.24) is 14.0 Å². The summed E-state index contributed by atoms with van der Waals surface area (Å²) >= 11 is 1.31. The van der Waals surface area contributed by atoms with Crippen LogP contribution >= 0.6 is 11.8 Å². The van der Waals surface area contributed by atoms with Crippen LogP contribution in [0.25, 0.3) is 0 Å². The first kappa shape index (κ1) is 15.5. The SMILES string of the molecule is Cn1c(N)c(C2SCC(=O)N2Cc2ccco2)c(=O)n(C)c1=O. The van der Waals surface area contributed by atoms with Crippen LogP contribution in [0.2, 0.25) is 0 Å². The van der Waals surface area contributed by atoms with E-state index in [1.54, 1.807) is 17.0 Å². The number of nitrogens with two attached hydrogens (primary N) is 1. The molecule has 1 amide bonds. The van der Waals surface area contributed by atoms with Gasteiger partial charge in [-0.1, -0.05) is 0 Å². The molecule has 1 saturated heterocycles. The van der Waals surface area contributed by atoms with Crippen molar-refractivity contribution < 1.29 is 9.21 Å². The highest BCUT2D eigenvalue weighted by Crippen LogP contribution is 2.39. The number of aromatic nitrogens is 2. The lowest BCUT2D eigenvalue weighted by Crippen LogP contribution is -2.42. The molecule has 3 rings (SSSR count). The number of carbonyl (C=O) groups is 1. The number of nitrogens with zero attached hydrogens (tertiary/aromatic N) is 3. The Kier molecular flexibility index (Phi) is 3.80. The lowest BCUT2D eigenvalue weighted by molar-refractivity contribution is -0.128. The van der Waals surface area contributed by atoms with E-state index in [9.17, 15) is 14.4 Å². The van der Waals surface area contributed by atoms with E-state index in [2.05, 4.69) is 0 Å². The fraction of sp³-hybridized carbons (Fsp3) is 0.357. The van der Waals surface area contributed by atoms with E-state index in [1.807, 2.05) is 0 Å². The molecule has 2 aromatic heterocycles. The molecule has 0 saturated carbocycles. The van der Waals surface area contributed by atoms with Crippen molar-refractivity contribution in [2.24, 2.45) is 14.1 Å². The van der Waals surface area contributed by atoms with Gasteiger partial charge in [-0.05, 0) is 12.1 Å². The van der Waals surface area contributed by atoms with Crippen LogP contribution in [0.1, 0.15) is 16.7 Å². The van der Waals surface area contributed by atoms with E-state index < -0.39 is 16.6 Å². The number of anilines is 1. The maximum absolute atomic E-state index is 12.5. The standard InChI is InChI=1S/C14H16N4O4S/c1-16-11(15)10(12(20)17(2)14(16)21)13-18(9(19)7-23-13)6-8-4-3-5-22-8/h3-5,13H,6-7,15H2,1-2H3. The molecular weight excluding hydrogens is 320 g/mol. The summed E-state index contributed by atoms with van der Waals surface area (Å²) in [7, 11) is 2.89. The van der Waals surface area contributed by atoms with E-state index in [4.69, 9.17) is 10.2 Å². The molecule has 0 aliphatic carbocycles. The first-order chi connectivity index (χ1) is 10.9. The summed E-state index contributed by atoms with van der Waals surface area (Å²) in [5.41, 5.74) is 5.26. The van der Waals surface area contributed by atoms with Crippen LogP contribution in [-0.2, 0) is 25.4 Å². The van der Waals surface area contributed by atoms with E-state index in [-0.39, 0.29) is 29.6 Å². The lowest BCUT2D eigenvalue weighted by Gasteiger charge is -2.24. The number of amides is 1. The van der Waals surface area contributed by atoms with Crippen molar-refractivity contribution >= 4 is 23.5 Å². The number of furan rings is 1. The molecule has 1 aliphatic rings. The molecular formula is C14H16N4O4S. The monoisotopic (exact) mass is 336 g/mol. The summed E-state index contributed by atoms with van der Waals surface area (Å²) in [4.78, 5) is 38.2. The van der Waals surface area contributed by atoms with Crippen LogP contribution in [0.5, 0.6) is 0 Å². The van der Waals surface area contributed by atoms with Crippen molar-refractivity contribution in [1.29, 1.82) is 0 Å². The van der Waals surface area contributed by atoms with Gasteiger partial charge in [0.1, 0.15) is 17.0 Å². The highest BCUT2D eigenvalue weighted by atomic mass is 32.2. The minimum Gasteiger partial charge on any atom is -0.467 e. The Morgan fingerprint density at radius 3 is 2.70 bits per heavy atom. The van der Waals surface area contributed by atoms with Crippen molar-refractivity contribution in [2.45, 2.75) is 11.9 Å². The Labute approximate surface area is 135 Å². The van der Waals surface area contributed by atoms with Gasteiger partial charge in [-0.15, -0.1) is 11.8 Å². The molecule has 1 fully saturated rings. The second-order valence-corrected chi connectivity index (χ2v) is 6.34. The van der Waals surface area contributed by atoms with E-state index in [1.165, 1.54) is 36.7 Å². The molecule has 2 aromatic rings. The van der Waals surface area contributed by atoms with Gasteiger partial charge in [0, 0.05) is 14.1 Å². The maximum Gasteiger partial charge on any atom is 0.332 e. The highest BCUT2D eigenvalue weighted by molar-refractivity contribution is 8.00. The Morgan fingerprint density at radius 1 is 1.30 bits per heavy atom. The third kappa shape index (κ3) is 2.46. The fourth-order valence-corrected chi connectivity index (χ4v) is 3.78. The maximum atomic E-state index is 12.5. The van der Waals surface area contributed by atoms with E-state index in [0.717, 1.165) is 4.57 Å². The van der Waals surface area contributed by atoms with Gasteiger partial charge in [0.25, 0.3) is 5.56 Å². The zero-order valence-corrected chi connectivity index (χ0v) is 13.5. The molecule has 0 aromatic carbocycles. The number of nitrogen functional groups attached to an aromatic ring is 1. The normalized spacial score (nSPS) is 17.9. The van der Waals surface area contributed by atoms with Gasteiger partial charge in [0.05, 0.1) is 24.1 Å². The first-order valence-electron chi connectivity index (χ1n) is 6.90. The average Bonchev–Trinajstić information content (AvgIpc) is 3.16. The minimum absolute atomic E-state index is 0.0785. The minimum atomic E-state index is -0.543. The molecule has 0 bridgehead atoms. The molecule has 23 heavy (non-hydrogen) atoms. The zero-order valence-electron chi connectivity index (χ0n) is 12.7. The summed E-state index contributed by atoms with van der Waals surface area (Å²) in [6, 6.07) is 3.49. The summed E-state index contributed by atoms with van der Waals surface area (Å²) in [5.74, 6) is 0.837. The van der Waals surface area contributed by atoms with Crippen LogP contribution in [-0.4, -0.2) is 25.7 Å². The highest BCUT2D eigenvalue weighted by Gasteiger charge is 2.37. The molecule has 122 valence electrons. The van der Waals surface area contributed by atoms with Crippen molar-refractivity contribution in [3.63, 3.8) is 0 Å². The smallest absolute Gasteiger partial charge is 0.332 e. The molecule has 3 heterocycles. The van der Waals surface area contributed by atoms with Gasteiger partial charge in [-0.2, -0.15) is 0 Å². The van der Waals surface area contributed by atoms with Gasteiger partial charge in [0.2, 0.25) is 5.91 Å². The zero-order chi connectivity index (χ0) is 16.7. The first-order valence-corrected chi connectivity index (χ1v) is 7.95. The van der Waals surface area contributed by atoms with Crippen LogP contribution < -0.4 is 17.0 Å². The Hall–Kier alpha value is -2.42. The quantitative estimate of drug-likeness (QED) is 0.848. The number of thioether (sulfide) groups is 1. The topological polar surface area (TPSA) is 103 Å². The van der Waals surface area contributed by atoms with Gasteiger partial charge < -0.3 is 15.1 Å². The molecule has 1 aliphatic heterocycles. The largest absolute Gasteiger partial charge is 0.467 e. The Bertz CT molecular complexity index is 868. The number of rotatable bonds is 3. The second-order valence-electron chi connectivity index (χ2n) is 5.27. The molecule has 9 heteroatoms. The molecule has 0 radical (unpaired) electrons. The number of carbonyl (C=O) groups excluding carboxylic acids is 1. The van der Waals surface area contributed by atoms with Crippen molar-refractivity contribution in [3.8, 4) is 0 Å². The predicted octanol–water partition coefficient (Wildman–Crippen LogP) is 0.0334. The van der Waals surface area contributed by atoms with Crippen LogP contribution in [0.3, 0.4) is 0 Å². The third-order valence-electron chi connectivity index (χ3n) is 3.87. The predicted molar refractivity (Wildman–Crippen MR) is 85.8 cm³/mol. The molecule has 8 nitrogen and oxygen atoms in total. The lowest BCUT2D eigenvalue weighted by atomic mass is 10.2. The molecule has 2 N–H and O–H groups in total. The van der Waals surface area contributed by atoms with Gasteiger partial charge in [0.15, 0.2) is 0 Å². The number of hydrogen-bond acceptors (Lipinski definition) is 6. The molecule has 0 spiro atoms. The average molecular weight is 336 g/mol. The Morgan fingerprint density at radius 2 is 2.04 bits per heavy atom. The molecule has 1 unspecified atom stereocenters. The third-order valence-corrected chi connectivity index (χ3v) is 5.09. The summed E-state index contributed by atoms with van der Waals surface area (Å²) in [5, 5.41) is -0.543. The number of hydrogen-bond donors (Lipinski definition) is 1. The summed E-state index contributed by atoms with van der Waals surface area (Å²) < 4.78 is 7.50. The van der Waals surface area contributed by atoms with Crippen LogP contribution in [0.4, 0.5) is 5.82 Å². The fourth-order valence-electron chi connectivity index (χ4n) is 2.55. The van der Waals surface area contributed by atoms with Crippen molar-refractivity contribution in [2.75, 3.05) is 11.5 Å². The molecule has 1 atom stereocenters. The summed E-state index contributed by atoms with van der Waals surface area (Å²) in [6.45, 7) is 0.245. The Balaban J connectivity index is 2.09. The van der Waals surface area contributed by atoms with E-state index in [0.29, 0.717) is 5.76 Å². The van der Waals surface area contributed by atoms with Crippen LogP contribution in [0.15, 0.2) is 32.4 Å². The van der Waals surface area contributed by atoms with Gasteiger partial charge in [-0.25, -0.2) is 4.79 Å². The van der Waals surface area contributed by atoms with Crippen LogP contribution in [0, 0.1) is 0 Å². The van der Waals surface area contributed by atoms with E-state index >= 15 is 0 Å². The van der Waals surface area contributed by atoms with Crippen molar-refractivity contribution in [3.05, 3.63) is 50.6 Å².